The highest BCUT2D eigenvalue weighted by Gasteiger charge is 2.35. The molecule has 6 nitrogen and oxygen atoms in total. The number of aromatic nitrogens is 1. The van der Waals surface area contributed by atoms with Crippen molar-refractivity contribution in [1.82, 2.24) is 14.6 Å². The smallest absolute Gasteiger partial charge is 0.244 e. The Kier molecular flexibility index (Phi) is 5.08. The molecule has 0 spiro atoms. The summed E-state index contributed by atoms with van der Waals surface area (Å²) in [5.74, 6) is 0. The van der Waals surface area contributed by atoms with E-state index in [1.807, 2.05) is 6.92 Å². The van der Waals surface area contributed by atoms with E-state index in [9.17, 15) is 8.42 Å². The number of ether oxygens (including phenoxy) is 1. The Morgan fingerprint density at radius 2 is 2.24 bits per heavy atom. The molecular weight excluding hydrogens is 290 g/mol. The van der Waals surface area contributed by atoms with Crippen LogP contribution in [0.15, 0.2) is 17.2 Å². The van der Waals surface area contributed by atoms with Crippen molar-refractivity contribution in [3.8, 4) is 0 Å². The molecule has 1 aromatic heterocycles. The predicted molar refractivity (Wildman–Crippen MR) is 81.5 cm³/mol. The van der Waals surface area contributed by atoms with E-state index in [0.29, 0.717) is 24.1 Å². The summed E-state index contributed by atoms with van der Waals surface area (Å²) in [6.45, 7) is 7.26. The molecule has 0 radical (unpaired) electrons. The van der Waals surface area contributed by atoms with Crippen LogP contribution in [0.1, 0.15) is 32.9 Å². The zero-order chi connectivity index (χ0) is 15.6. The van der Waals surface area contributed by atoms with Crippen LogP contribution in [-0.4, -0.2) is 49.5 Å². The van der Waals surface area contributed by atoms with E-state index in [1.165, 1.54) is 4.31 Å². The molecule has 2 atom stereocenters. The lowest BCUT2D eigenvalue weighted by Gasteiger charge is -2.25. The van der Waals surface area contributed by atoms with Crippen LogP contribution in [0.3, 0.4) is 0 Å². The summed E-state index contributed by atoms with van der Waals surface area (Å²) in [5, 5.41) is 3.26. The largest absolute Gasteiger partial charge is 0.377 e. The van der Waals surface area contributed by atoms with Crippen molar-refractivity contribution < 1.29 is 13.2 Å². The third-order valence-electron chi connectivity index (χ3n) is 3.90. The quantitative estimate of drug-likeness (QED) is 0.830. The maximum atomic E-state index is 12.6. The number of sulfonamides is 1. The molecule has 2 rings (SSSR count). The fourth-order valence-electron chi connectivity index (χ4n) is 2.53. The molecule has 120 valence electrons. The van der Waals surface area contributed by atoms with E-state index in [1.54, 1.807) is 19.3 Å². The summed E-state index contributed by atoms with van der Waals surface area (Å²) >= 11 is 0. The second-order valence-corrected chi connectivity index (χ2v) is 7.85. The highest BCUT2D eigenvalue weighted by Crippen LogP contribution is 2.25. The minimum atomic E-state index is -3.48. The molecule has 21 heavy (non-hydrogen) atoms. The lowest BCUT2D eigenvalue weighted by molar-refractivity contribution is 0.102. The topological polar surface area (TPSA) is 74.4 Å². The Hall–Kier alpha value is -0.890. The number of rotatable bonds is 6. The Morgan fingerprint density at radius 3 is 2.81 bits per heavy atom. The minimum absolute atomic E-state index is 0.0641. The highest BCUT2D eigenvalue weighted by molar-refractivity contribution is 7.89. The first-order chi connectivity index (χ1) is 9.82. The van der Waals surface area contributed by atoms with E-state index in [0.717, 1.165) is 12.1 Å². The van der Waals surface area contributed by atoms with E-state index in [-0.39, 0.29) is 12.1 Å². The van der Waals surface area contributed by atoms with Gasteiger partial charge in [0.15, 0.2) is 0 Å². The van der Waals surface area contributed by atoms with Crippen LogP contribution in [-0.2, 0) is 21.3 Å². The summed E-state index contributed by atoms with van der Waals surface area (Å²) in [6, 6.07) is 1.96. The van der Waals surface area contributed by atoms with Crippen molar-refractivity contribution in [2.24, 2.45) is 0 Å². The first-order valence-corrected chi connectivity index (χ1v) is 8.76. The number of nitrogens with zero attached hydrogens (tertiary/aromatic N) is 1. The molecule has 1 fully saturated rings. The van der Waals surface area contributed by atoms with Gasteiger partial charge in [-0.3, -0.25) is 0 Å². The van der Waals surface area contributed by atoms with Gasteiger partial charge in [-0.15, -0.1) is 0 Å². The number of likely N-dealkylation sites (N-methyl/N-ethyl adjacent to an activating group) is 1. The van der Waals surface area contributed by atoms with Gasteiger partial charge in [-0.05, 0) is 19.4 Å². The molecule has 0 saturated carbocycles. The zero-order valence-corrected chi connectivity index (χ0v) is 13.9. The molecule has 0 aliphatic carbocycles. The third kappa shape index (κ3) is 3.66. The lowest BCUT2D eigenvalue weighted by Crippen LogP contribution is -2.40. The van der Waals surface area contributed by atoms with Crippen LogP contribution in [0, 0.1) is 0 Å². The SMILES string of the molecule is CC(C)NCc1cc(S(=O)(=O)N(C)C2CCOC2C)c[nH]1. The summed E-state index contributed by atoms with van der Waals surface area (Å²) in [4.78, 5) is 3.33. The Bertz CT molecular complexity index is 568. The Morgan fingerprint density at radius 1 is 1.52 bits per heavy atom. The van der Waals surface area contributed by atoms with E-state index < -0.39 is 10.0 Å². The van der Waals surface area contributed by atoms with Gasteiger partial charge in [0.25, 0.3) is 0 Å². The van der Waals surface area contributed by atoms with Gasteiger partial charge >= 0.3 is 0 Å². The fourth-order valence-corrected chi connectivity index (χ4v) is 3.99. The lowest BCUT2D eigenvalue weighted by atomic mass is 10.2. The Labute approximate surface area is 126 Å². The van der Waals surface area contributed by atoms with Crippen LogP contribution in [0.5, 0.6) is 0 Å². The molecule has 0 amide bonds. The molecular formula is C14H25N3O3S. The first kappa shape index (κ1) is 16.5. The van der Waals surface area contributed by atoms with Crippen LogP contribution >= 0.6 is 0 Å². The molecule has 2 heterocycles. The van der Waals surface area contributed by atoms with Crippen LogP contribution < -0.4 is 5.32 Å². The van der Waals surface area contributed by atoms with Gasteiger partial charge in [0, 0.05) is 38.1 Å². The van der Waals surface area contributed by atoms with E-state index >= 15 is 0 Å². The van der Waals surface area contributed by atoms with E-state index in [4.69, 9.17) is 4.74 Å². The van der Waals surface area contributed by atoms with Crippen LogP contribution in [0.4, 0.5) is 0 Å². The van der Waals surface area contributed by atoms with Crippen molar-refractivity contribution in [2.45, 2.75) is 56.8 Å². The minimum Gasteiger partial charge on any atom is -0.377 e. The average Bonchev–Trinajstić information content (AvgIpc) is 3.04. The molecule has 1 aromatic rings. The van der Waals surface area contributed by atoms with Gasteiger partial charge < -0.3 is 15.0 Å². The zero-order valence-electron chi connectivity index (χ0n) is 13.1. The van der Waals surface area contributed by atoms with Crippen molar-refractivity contribution in [3.05, 3.63) is 18.0 Å². The van der Waals surface area contributed by atoms with Crippen molar-refractivity contribution >= 4 is 10.0 Å². The molecule has 2 unspecified atom stereocenters. The number of hydrogen-bond donors (Lipinski definition) is 2. The second kappa shape index (κ2) is 6.48. The molecule has 1 saturated heterocycles. The highest BCUT2D eigenvalue weighted by atomic mass is 32.2. The van der Waals surface area contributed by atoms with Gasteiger partial charge in [0.2, 0.25) is 10.0 Å². The summed E-state index contributed by atoms with van der Waals surface area (Å²) in [5.41, 5.74) is 0.867. The monoisotopic (exact) mass is 315 g/mol. The van der Waals surface area contributed by atoms with Crippen molar-refractivity contribution in [2.75, 3.05) is 13.7 Å². The maximum Gasteiger partial charge on any atom is 0.244 e. The first-order valence-electron chi connectivity index (χ1n) is 7.32. The Balaban J connectivity index is 2.12. The number of H-pyrrole nitrogens is 1. The van der Waals surface area contributed by atoms with Crippen molar-refractivity contribution in [1.29, 1.82) is 0 Å². The maximum absolute atomic E-state index is 12.6. The third-order valence-corrected chi connectivity index (χ3v) is 5.76. The number of nitrogens with one attached hydrogen (secondary N) is 2. The van der Waals surface area contributed by atoms with Gasteiger partial charge in [-0.2, -0.15) is 4.31 Å². The fraction of sp³-hybridized carbons (Fsp3) is 0.714. The van der Waals surface area contributed by atoms with Crippen molar-refractivity contribution in [3.63, 3.8) is 0 Å². The van der Waals surface area contributed by atoms with Gasteiger partial charge in [-0.25, -0.2) is 8.42 Å². The van der Waals surface area contributed by atoms with E-state index in [2.05, 4.69) is 24.1 Å². The van der Waals surface area contributed by atoms with Gasteiger partial charge in [0.05, 0.1) is 17.0 Å². The molecule has 0 aromatic carbocycles. The molecule has 2 N–H and O–H groups in total. The predicted octanol–water partition coefficient (Wildman–Crippen LogP) is 1.31. The molecule has 1 aliphatic heterocycles. The summed E-state index contributed by atoms with van der Waals surface area (Å²) < 4.78 is 32.2. The number of hydrogen-bond acceptors (Lipinski definition) is 4. The summed E-state index contributed by atoms with van der Waals surface area (Å²) in [6.07, 6.45) is 2.23. The van der Waals surface area contributed by atoms with Crippen LogP contribution in [0.2, 0.25) is 0 Å². The number of aromatic amines is 1. The van der Waals surface area contributed by atoms with Gasteiger partial charge in [0.1, 0.15) is 0 Å². The standard InChI is InChI=1S/C14H25N3O3S/c1-10(2)15-8-12-7-13(9-16-12)21(18,19)17(4)14-5-6-20-11(14)3/h7,9-11,14-16H,5-6,8H2,1-4H3. The molecule has 1 aliphatic rings. The van der Waals surface area contributed by atoms with Crippen LogP contribution in [0.25, 0.3) is 0 Å². The summed E-state index contributed by atoms with van der Waals surface area (Å²) in [7, 11) is -1.85. The normalized spacial score (nSPS) is 23.3. The van der Waals surface area contributed by atoms with Gasteiger partial charge in [-0.1, -0.05) is 13.8 Å². The molecule has 7 heteroatoms. The second-order valence-electron chi connectivity index (χ2n) is 5.85. The molecule has 0 bridgehead atoms. The average molecular weight is 315 g/mol.